The number of hydrogen-bond acceptors (Lipinski definition) is 3. The first-order valence-corrected chi connectivity index (χ1v) is 7.11. The zero-order valence-electron chi connectivity index (χ0n) is 11.2. The highest BCUT2D eigenvalue weighted by Crippen LogP contribution is 2.22. The summed E-state index contributed by atoms with van der Waals surface area (Å²) in [6.07, 6.45) is 3.35. The monoisotopic (exact) mass is 324 g/mol. The molecule has 0 unspecified atom stereocenters. The second-order valence-corrected chi connectivity index (χ2v) is 5.28. The summed E-state index contributed by atoms with van der Waals surface area (Å²) in [4.78, 5) is 18.1. The number of hydrogen-bond donors (Lipinski definition) is 1. The SMILES string of the molecule is O=C(c1ccc(Cl)cc1Cl)N(CCO)Cc1cccnc1. The number of rotatable bonds is 5. The highest BCUT2D eigenvalue weighted by molar-refractivity contribution is 6.36. The van der Waals surface area contributed by atoms with E-state index in [1.165, 1.54) is 11.0 Å². The predicted molar refractivity (Wildman–Crippen MR) is 82.5 cm³/mol. The van der Waals surface area contributed by atoms with Gasteiger partial charge in [0.05, 0.1) is 17.2 Å². The lowest BCUT2D eigenvalue weighted by Gasteiger charge is -2.22. The Morgan fingerprint density at radius 3 is 2.71 bits per heavy atom. The van der Waals surface area contributed by atoms with Crippen LogP contribution in [-0.4, -0.2) is 34.0 Å². The molecule has 0 spiro atoms. The highest BCUT2D eigenvalue weighted by Gasteiger charge is 2.18. The van der Waals surface area contributed by atoms with E-state index in [9.17, 15) is 4.79 Å². The van der Waals surface area contributed by atoms with Gasteiger partial charge in [-0.05, 0) is 29.8 Å². The molecule has 0 atom stereocenters. The third kappa shape index (κ3) is 4.17. The van der Waals surface area contributed by atoms with E-state index in [1.807, 2.05) is 6.07 Å². The average Bonchev–Trinajstić information content (AvgIpc) is 2.47. The zero-order chi connectivity index (χ0) is 15.2. The van der Waals surface area contributed by atoms with E-state index in [0.717, 1.165) is 5.56 Å². The Kier molecular flexibility index (Phi) is 5.56. The summed E-state index contributed by atoms with van der Waals surface area (Å²) in [6.45, 7) is 0.441. The van der Waals surface area contributed by atoms with Crippen molar-refractivity contribution in [1.29, 1.82) is 0 Å². The summed E-state index contributed by atoms with van der Waals surface area (Å²) >= 11 is 11.9. The fraction of sp³-hybridized carbons (Fsp3) is 0.200. The molecule has 0 radical (unpaired) electrons. The minimum absolute atomic E-state index is 0.128. The Bertz CT molecular complexity index is 620. The second kappa shape index (κ2) is 7.41. The molecular formula is C15H14Cl2N2O2. The minimum atomic E-state index is -0.255. The summed E-state index contributed by atoms with van der Waals surface area (Å²) < 4.78 is 0. The lowest BCUT2D eigenvalue weighted by atomic mass is 10.1. The van der Waals surface area contributed by atoms with Gasteiger partial charge in [0.25, 0.3) is 5.91 Å². The van der Waals surface area contributed by atoms with Gasteiger partial charge >= 0.3 is 0 Å². The van der Waals surface area contributed by atoms with Gasteiger partial charge in [0.1, 0.15) is 0 Å². The highest BCUT2D eigenvalue weighted by atomic mass is 35.5. The van der Waals surface area contributed by atoms with Gasteiger partial charge in [-0.1, -0.05) is 29.3 Å². The zero-order valence-corrected chi connectivity index (χ0v) is 12.7. The molecule has 0 aliphatic heterocycles. The average molecular weight is 325 g/mol. The number of carbonyl (C=O) groups is 1. The third-order valence-electron chi connectivity index (χ3n) is 2.91. The normalized spacial score (nSPS) is 10.4. The molecule has 0 saturated heterocycles. The Morgan fingerprint density at radius 1 is 1.29 bits per heavy atom. The Hall–Kier alpha value is -1.62. The van der Waals surface area contributed by atoms with E-state index >= 15 is 0 Å². The van der Waals surface area contributed by atoms with Crippen LogP contribution in [0.3, 0.4) is 0 Å². The van der Waals surface area contributed by atoms with Gasteiger partial charge in [-0.3, -0.25) is 9.78 Å². The number of carbonyl (C=O) groups excluding carboxylic acids is 1. The summed E-state index contributed by atoms with van der Waals surface area (Å²) in [7, 11) is 0. The van der Waals surface area contributed by atoms with Crippen LogP contribution in [0.15, 0.2) is 42.7 Å². The molecule has 1 amide bonds. The smallest absolute Gasteiger partial charge is 0.255 e. The first kappa shape index (κ1) is 15.8. The van der Waals surface area contributed by atoms with Gasteiger partial charge in [-0.25, -0.2) is 0 Å². The number of nitrogens with zero attached hydrogens (tertiary/aromatic N) is 2. The molecule has 0 bridgehead atoms. The second-order valence-electron chi connectivity index (χ2n) is 4.44. The number of amides is 1. The molecule has 4 nitrogen and oxygen atoms in total. The maximum Gasteiger partial charge on any atom is 0.255 e. The maximum absolute atomic E-state index is 12.5. The van der Waals surface area contributed by atoms with Crippen molar-refractivity contribution in [3.63, 3.8) is 0 Å². The van der Waals surface area contributed by atoms with E-state index in [0.29, 0.717) is 22.2 Å². The topological polar surface area (TPSA) is 53.4 Å². The van der Waals surface area contributed by atoms with Crippen molar-refractivity contribution in [3.8, 4) is 0 Å². The van der Waals surface area contributed by atoms with Gasteiger partial charge in [0.15, 0.2) is 0 Å². The van der Waals surface area contributed by atoms with E-state index in [4.69, 9.17) is 28.3 Å². The van der Waals surface area contributed by atoms with Crippen LogP contribution in [-0.2, 0) is 6.54 Å². The van der Waals surface area contributed by atoms with Crippen molar-refractivity contribution in [1.82, 2.24) is 9.88 Å². The Labute approximate surface area is 132 Å². The molecule has 1 N–H and O–H groups in total. The quantitative estimate of drug-likeness (QED) is 0.919. The number of pyridine rings is 1. The lowest BCUT2D eigenvalue weighted by Crippen LogP contribution is -2.33. The van der Waals surface area contributed by atoms with Crippen molar-refractivity contribution >= 4 is 29.1 Å². The minimum Gasteiger partial charge on any atom is -0.395 e. The third-order valence-corrected chi connectivity index (χ3v) is 3.46. The molecule has 110 valence electrons. The molecular weight excluding hydrogens is 311 g/mol. The van der Waals surface area contributed by atoms with Crippen LogP contribution in [0, 0.1) is 0 Å². The van der Waals surface area contributed by atoms with Crippen molar-refractivity contribution in [2.75, 3.05) is 13.2 Å². The maximum atomic E-state index is 12.5. The van der Waals surface area contributed by atoms with E-state index in [-0.39, 0.29) is 19.1 Å². The Balaban J connectivity index is 2.23. The molecule has 1 aromatic heterocycles. The van der Waals surface area contributed by atoms with Gasteiger partial charge in [0, 0.05) is 30.5 Å². The van der Waals surface area contributed by atoms with Crippen molar-refractivity contribution < 1.29 is 9.90 Å². The van der Waals surface area contributed by atoms with Crippen LogP contribution in [0.4, 0.5) is 0 Å². The van der Waals surface area contributed by atoms with Crippen LogP contribution in [0.1, 0.15) is 15.9 Å². The molecule has 2 aromatic rings. The summed E-state index contributed by atoms with van der Waals surface area (Å²) in [5.41, 5.74) is 1.24. The summed E-state index contributed by atoms with van der Waals surface area (Å²) in [5, 5.41) is 9.92. The summed E-state index contributed by atoms with van der Waals surface area (Å²) in [6, 6.07) is 8.39. The van der Waals surface area contributed by atoms with Crippen molar-refractivity contribution in [2.45, 2.75) is 6.54 Å². The van der Waals surface area contributed by atoms with Crippen LogP contribution < -0.4 is 0 Å². The van der Waals surface area contributed by atoms with Gasteiger partial charge in [0.2, 0.25) is 0 Å². The van der Waals surface area contributed by atoms with Gasteiger partial charge in [-0.15, -0.1) is 0 Å². The van der Waals surface area contributed by atoms with E-state index in [1.54, 1.807) is 30.6 Å². The lowest BCUT2D eigenvalue weighted by molar-refractivity contribution is 0.0708. The molecule has 2 rings (SSSR count). The molecule has 21 heavy (non-hydrogen) atoms. The molecule has 0 fully saturated rings. The van der Waals surface area contributed by atoms with Crippen LogP contribution in [0.5, 0.6) is 0 Å². The van der Waals surface area contributed by atoms with Crippen molar-refractivity contribution in [2.24, 2.45) is 0 Å². The predicted octanol–water partition coefficient (Wildman–Crippen LogP) is 3.02. The molecule has 1 aromatic carbocycles. The number of halogens is 2. The molecule has 0 saturated carbocycles. The molecule has 1 heterocycles. The number of aliphatic hydroxyl groups excluding tert-OH is 1. The fourth-order valence-electron chi connectivity index (χ4n) is 1.92. The van der Waals surface area contributed by atoms with Crippen LogP contribution in [0.25, 0.3) is 0 Å². The van der Waals surface area contributed by atoms with Crippen LogP contribution in [0.2, 0.25) is 10.0 Å². The van der Waals surface area contributed by atoms with Gasteiger partial charge in [-0.2, -0.15) is 0 Å². The number of aromatic nitrogens is 1. The largest absolute Gasteiger partial charge is 0.395 e. The van der Waals surface area contributed by atoms with E-state index < -0.39 is 0 Å². The number of aliphatic hydroxyl groups is 1. The Morgan fingerprint density at radius 2 is 2.10 bits per heavy atom. The van der Waals surface area contributed by atoms with E-state index in [2.05, 4.69) is 4.98 Å². The molecule has 6 heteroatoms. The standard InChI is InChI=1S/C15H14Cl2N2O2/c16-12-3-4-13(14(17)8-12)15(21)19(6-7-20)10-11-2-1-5-18-9-11/h1-5,8-9,20H,6-7,10H2. The first-order chi connectivity index (χ1) is 10.1. The van der Waals surface area contributed by atoms with Gasteiger partial charge < -0.3 is 10.0 Å². The van der Waals surface area contributed by atoms with Crippen molar-refractivity contribution in [3.05, 3.63) is 63.9 Å². The summed E-state index contributed by atoms with van der Waals surface area (Å²) in [5.74, 6) is -0.255. The van der Waals surface area contributed by atoms with Crippen LogP contribution >= 0.6 is 23.2 Å². The number of benzene rings is 1. The first-order valence-electron chi connectivity index (χ1n) is 6.36. The molecule has 0 aliphatic rings. The molecule has 0 aliphatic carbocycles. The fourth-order valence-corrected chi connectivity index (χ4v) is 2.41.